The van der Waals surface area contributed by atoms with Crippen LogP contribution in [0.2, 0.25) is 0 Å². The van der Waals surface area contributed by atoms with E-state index < -0.39 is 0 Å². The molecule has 17 heavy (non-hydrogen) atoms. The molecule has 1 aliphatic rings. The molecule has 2 atom stereocenters. The lowest BCUT2D eigenvalue weighted by Crippen LogP contribution is -2.29. The van der Waals surface area contributed by atoms with E-state index >= 15 is 0 Å². The van der Waals surface area contributed by atoms with Gasteiger partial charge in [-0.1, -0.05) is 6.92 Å². The zero-order chi connectivity index (χ0) is 12.4. The highest BCUT2D eigenvalue weighted by Crippen LogP contribution is 2.29. The van der Waals surface area contributed by atoms with Gasteiger partial charge in [0.15, 0.2) is 11.6 Å². The Morgan fingerprint density at radius 1 is 1.53 bits per heavy atom. The molecule has 0 radical (unpaired) electrons. The Bertz CT molecular complexity index is 396. The number of rotatable bonds is 3. The standard InChI is InChI=1S/C12H19FN4/c1-3-10-11(13)12(16-7-15-10)17-6-9(5-14)4-8(17)2/h7-9H,3-6,14H2,1-2H3. The lowest BCUT2D eigenvalue weighted by atomic mass is 10.1. The molecule has 2 unspecified atom stereocenters. The smallest absolute Gasteiger partial charge is 0.187 e. The second-order valence-electron chi connectivity index (χ2n) is 4.65. The Hall–Kier alpha value is -1.23. The monoisotopic (exact) mass is 238 g/mol. The van der Waals surface area contributed by atoms with Crippen LogP contribution in [0.25, 0.3) is 0 Å². The highest BCUT2D eigenvalue weighted by molar-refractivity contribution is 5.43. The fourth-order valence-corrected chi connectivity index (χ4v) is 2.45. The van der Waals surface area contributed by atoms with Crippen LogP contribution in [0, 0.1) is 11.7 Å². The third-order valence-electron chi connectivity index (χ3n) is 3.44. The average Bonchev–Trinajstić information content (AvgIpc) is 2.71. The molecule has 1 aliphatic heterocycles. The topological polar surface area (TPSA) is 55.0 Å². The number of hydrogen-bond acceptors (Lipinski definition) is 4. The molecule has 0 spiro atoms. The van der Waals surface area contributed by atoms with E-state index in [1.54, 1.807) is 0 Å². The normalized spacial score (nSPS) is 24.4. The van der Waals surface area contributed by atoms with Crippen molar-refractivity contribution in [2.75, 3.05) is 18.0 Å². The van der Waals surface area contributed by atoms with Crippen LogP contribution < -0.4 is 10.6 Å². The van der Waals surface area contributed by atoms with Gasteiger partial charge in [-0.25, -0.2) is 14.4 Å². The second kappa shape index (κ2) is 4.96. The average molecular weight is 238 g/mol. The van der Waals surface area contributed by atoms with Crippen LogP contribution >= 0.6 is 0 Å². The minimum Gasteiger partial charge on any atom is -0.351 e. The van der Waals surface area contributed by atoms with E-state index in [0.29, 0.717) is 30.4 Å². The number of halogens is 1. The molecular formula is C12H19FN4. The van der Waals surface area contributed by atoms with E-state index in [-0.39, 0.29) is 11.9 Å². The van der Waals surface area contributed by atoms with Gasteiger partial charge in [0.25, 0.3) is 0 Å². The van der Waals surface area contributed by atoms with Crippen LogP contribution in [-0.4, -0.2) is 29.1 Å². The molecule has 1 aromatic rings. The molecule has 4 nitrogen and oxygen atoms in total. The molecule has 94 valence electrons. The summed E-state index contributed by atoms with van der Waals surface area (Å²) >= 11 is 0. The van der Waals surface area contributed by atoms with Crippen molar-refractivity contribution in [1.82, 2.24) is 9.97 Å². The lowest BCUT2D eigenvalue weighted by molar-refractivity contribution is 0.579. The van der Waals surface area contributed by atoms with Crippen LogP contribution in [0.5, 0.6) is 0 Å². The van der Waals surface area contributed by atoms with Gasteiger partial charge in [0.1, 0.15) is 6.33 Å². The van der Waals surface area contributed by atoms with E-state index in [2.05, 4.69) is 16.9 Å². The summed E-state index contributed by atoms with van der Waals surface area (Å²) in [6.07, 6.45) is 3.03. The molecule has 1 saturated heterocycles. The van der Waals surface area contributed by atoms with Gasteiger partial charge in [-0.05, 0) is 32.2 Å². The molecule has 1 aromatic heterocycles. The number of aryl methyl sites for hydroxylation is 1. The van der Waals surface area contributed by atoms with Crippen molar-refractivity contribution in [2.24, 2.45) is 11.7 Å². The molecule has 0 saturated carbocycles. The molecule has 1 fully saturated rings. The molecule has 2 rings (SSSR count). The van der Waals surface area contributed by atoms with E-state index in [4.69, 9.17) is 5.73 Å². The van der Waals surface area contributed by atoms with E-state index in [1.807, 2.05) is 11.8 Å². The third-order valence-corrected chi connectivity index (χ3v) is 3.44. The summed E-state index contributed by atoms with van der Waals surface area (Å²) in [6, 6.07) is 0.289. The predicted octanol–water partition coefficient (Wildman–Crippen LogP) is 1.35. The fourth-order valence-electron chi connectivity index (χ4n) is 2.45. The van der Waals surface area contributed by atoms with Crippen molar-refractivity contribution in [1.29, 1.82) is 0 Å². The predicted molar refractivity (Wildman–Crippen MR) is 65.3 cm³/mol. The van der Waals surface area contributed by atoms with Gasteiger partial charge in [0.05, 0.1) is 5.69 Å². The molecule has 0 amide bonds. The SMILES string of the molecule is CCc1ncnc(N2CC(CN)CC2C)c1F. The summed E-state index contributed by atoms with van der Waals surface area (Å²) in [5.41, 5.74) is 6.16. The molecule has 2 heterocycles. The van der Waals surface area contributed by atoms with E-state index in [9.17, 15) is 4.39 Å². The maximum Gasteiger partial charge on any atom is 0.187 e. The summed E-state index contributed by atoms with van der Waals surface area (Å²) in [4.78, 5) is 10.1. The Kier molecular flexibility index (Phi) is 3.57. The minimum absolute atomic E-state index is 0.278. The summed E-state index contributed by atoms with van der Waals surface area (Å²) in [5, 5.41) is 0. The first-order valence-corrected chi connectivity index (χ1v) is 6.13. The second-order valence-corrected chi connectivity index (χ2v) is 4.65. The molecule has 2 N–H and O–H groups in total. The van der Waals surface area contributed by atoms with Gasteiger partial charge in [-0.3, -0.25) is 0 Å². The van der Waals surface area contributed by atoms with Gasteiger partial charge < -0.3 is 10.6 Å². The minimum atomic E-state index is -0.278. The van der Waals surface area contributed by atoms with Gasteiger partial charge in [-0.15, -0.1) is 0 Å². The quantitative estimate of drug-likeness (QED) is 0.863. The molecular weight excluding hydrogens is 219 g/mol. The first kappa shape index (κ1) is 12.2. The maximum absolute atomic E-state index is 14.1. The number of anilines is 1. The summed E-state index contributed by atoms with van der Waals surface area (Å²) < 4.78 is 14.1. The first-order valence-electron chi connectivity index (χ1n) is 6.13. The van der Waals surface area contributed by atoms with Gasteiger partial charge in [-0.2, -0.15) is 0 Å². The Labute approximate surface area is 101 Å². The Balaban J connectivity index is 2.28. The maximum atomic E-state index is 14.1. The summed E-state index contributed by atoms with van der Waals surface area (Å²) in [6.45, 7) is 5.41. The lowest BCUT2D eigenvalue weighted by Gasteiger charge is -2.23. The van der Waals surface area contributed by atoms with Crippen LogP contribution in [0.3, 0.4) is 0 Å². The zero-order valence-electron chi connectivity index (χ0n) is 10.4. The Morgan fingerprint density at radius 3 is 2.88 bits per heavy atom. The first-order chi connectivity index (χ1) is 8.17. The highest BCUT2D eigenvalue weighted by atomic mass is 19.1. The number of hydrogen-bond donors (Lipinski definition) is 1. The van der Waals surface area contributed by atoms with Crippen LogP contribution in [0.1, 0.15) is 26.0 Å². The summed E-state index contributed by atoms with van der Waals surface area (Å²) in [7, 11) is 0. The van der Waals surface area contributed by atoms with E-state index in [1.165, 1.54) is 6.33 Å². The third kappa shape index (κ3) is 2.24. The molecule has 0 bridgehead atoms. The Morgan fingerprint density at radius 2 is 2.29 bits per heavy atom. The van der Waals surface area contributed by atoms with Crippen LogP contribution in [-0.2, 0) is 6.42 Å². The van der Waals surface area contributed by atoms with Crippen molar-refractivity contribution in [3.63, 3.8) is 0 Å². The molecule has 0 aromatic carbocycles. The molecule has 0 aliphatic carbocycles. The fraction of sp³-hybridized carbons (Fsp3) is 0.667. The van der Waals surface area contributed by atoms with Crippen molar-refractivity contribution in [3.05, 3.63) is 17.8 Å². The summed E-state index contributed by atoms with van der Waals surface area (Å²) in [5.74, 6) is 0.587. The van der Waals surface area contributed by atoms with Crippen LogP contribution in [0.15, 0.2) is 6.33 Å². The van der Waals surface area contributed by atoms with Gasteiger partial charge in [0, 0.05) is 12.6 Å². The number of nitrogens with zero attached hydrogens (tertiary/aromatic N) is 3. The van der Waals surface area contributed by atoms with Crippen molar-refractivity contribution < 1.29 is 4.39 Å². The zero-order valence-corrected chi connectivity index (χ0v) is 10.4. The van der Waals surface area contributed by atoms with Gasteiger partial charge in [0.2, 0.25) is 0 Å². The largest absolute Gasteiger partial charge is 0.351 e. The van der Waals surface area contributed by atoms with E-state index in [0.717, 1.165) is 13.0 Å². The van der Waals surface area contributed by atoms with Crippen molar-refractivity contribution in [2.45, 2.75) is 32.7 Å². The highest BCUT2D eigenvalue weighted by Gasteiger charge is 2.31. The van der Waals surface area contributed by atoms with Crippen molar-refractivity contribution >= 4 is 5.82 Å². The van der Waals surface area contributed by atoms with Crippen LogP contribution in [0.4, 0.5) is 10.2 Å². The van der Waals surface area contributed by atoms with Gasteiger partial charge >= 0.3 is 0 Å². The molecule has 5 heteroatoms. The number of nitrogens with two attached hydrogens (primary N) is 1. The van der Waals surface area contributed by atoms with Crippen molar-refractivity contribution in [3.8, 4) is 0 Å². The number of aromatic nitrogens is 2.